The fourth-order valence-electron chi connectivity index (χ4n) is 2.76. The van der Waals surface area contributed by atoms with Crippen molar-refractivity contribution in [2.75, 3.05) is 28.4 Å². The lowest BCUT2D eigenvalue weighted by atomic mass is 10.2. The number of benzene rings is 2. The molecular weight excluding hydrogens is 464 g/mol. The first-order valence-electron chi connectivity index (χ1n) is 9.61. The molecule has 0 amide bonds. The lowest BCUT2D eigenvalue weighted by Gasteiger charge is -2.09. The number of hydrogen-bond acceptors (Lipinski definition) is 10. The van der Waals surface area contributed by atoms with Crippen LogP contribution < -0.4 is 18.9 Å². The number of nitrogens with zero attached hydrogens (tertiary/aromatic N) is 2. The summed E-state index contributed by atoms with van der Waals surface area (Å²) in [5.74, 6) is 2.01. The molecule has 0 saturated carbocycles. The summed E-state index contributed by atoms with van der Waals surface area (Å²) in [5, 5.41) is 0.135. The first-order valence-corrected chi connectivity index (χ1v) is 11.2. The van der Waals surface area contributed by atoms with E-state index in [1.54, 1.807) is 49.4 Å². The molecule has 8 nitrogen and oxygen atoms in total. The van der Waals surface area contributed by atoms with Crippen LogP contribution in [0.1, 0.15) is 26.4 Å². The van der Waals surface area contributed by atoms with Gasteiger partial charge in [-0.15, -0.1) is 0 Å². The fourth-order valence-corrected chi connectivity index (χ4v) is 4.34. The summed E-state index contributed by atoms with van der Waals surface area (Å²) < 4.78 is 20.9. The van der Waals surface area contributed by atoms with Crippen LogP contribution in [-0.2, 0) is 0 Å². The molecule has 0 radical (unpaired) electrons. The van der Waals surface area contributed by atoms with Gasteiger partial charge >= 0.3 is 0 Å². The molecule has 0 unspecified atom stereocenters. The van der Waals surface area contributed by atoms with Crippen molar-refractivity contribution < 1.29 is 28.5 Å². The molecule has 3 aromatic rings. The van der Waals surface area contributed by atoms with Gasteiger partial charge in [0, 0.05) is 29.0 Å². The molecule has 1 aromatic heterocycles. The molecule has 0 saturated heterocycles. The number of carbonyl (C=O) groups excluding carboxylic acids is 2. The SMILES string of the molecule is COc1cc(OC)cc(C(=O)Sc2cc(C)nc(SC(=O)c3cc(OC)cc(OC)c3)n2)c1. The van der Waals surface area contributed by atoms with Crippen LogP contribution in [0.15, 0.2) is 52.6 Å². The molecule has 33 heavy (non-hydrogen) atoms. The third-order valence-corrected chi connectivity index (χ3v) is 5.99. The smallest absolute Gasteiger partial charge is 0.227 e. The Morgan fingerprint density at radius 3 is 1.48 bits per heavy atom. The van der Waals surface area contributed by atoms with E-state index < -0.39 is 0 Å². The topological polar surface area (TPSA) is 96.8 Å². The van der Waals surface area contributed by atoms with E-state index in [1.165, 1.54) is 28.4 Å². The van der Waals surface area contributed by atoms with Crippen molar-refractivity contribution in [1.82, 2.24) is 9.97 Å². The average Bonchev–Trinajstić information content (AvgIpc) is 2.82. The van der Waals surface area contributed by atoms with E-state index in [0.29, 0.717) is 44.8 Å². The zero-order valence-corrected chi connectivity index (χ0v) is 20.3. The van der Waals surface area contributed by atoms with Crippen LogP contribution in [0.2, 0.25) is 0 Å². The third kappa shape index (κ3) is 6.39. The van der Waals surface area contributed by atoms with Gasteiger partial charge in [0.2, 0.25) is 10.2 Å². The molecule has 2 aromatic carbocycles. The zero-order chi connectivity index (χ0) is 24.0. The van der Waals surface area contributed by atoms with Crippen LogP contribution in [0.4, 0.5) is 0 Å². The molecule has 0 fully saturated rings. The molecule has 0 aliphatic carbocycles. The summed E-state index contributed by atoms with van der Waals surface area (Å²) in [7, 11) is 6.06. The van der Waals surface area contributed by atoms with Gasteiger partial charge in [0.25, 0.3) is 0 Å². The van der Waals surface area contributed by atoms with Crippen molar-refractivity contribution in [2.24, 2.45) is 0 Å². The second-order valence-corrected chi connectivity index (χ2v) is 8.55. The third-order valence-electron chi connectivity index (χ3n) is 4.37. The van der Waals surface area contributed by atoms with Gasteiger partial charge in [0.05, 0.1) is 28.4 Å². The van der Waals surface area contributed by atoms with E-state index in [0.717, 1.165) is 23.5 Å². The Kier molecular flexibility index (Phi) is 8.18. The Balaban J connectivity index is 1.81. The van der Waals surface area contributed by atoms with Crippen LogP contribution >= 0.6 is 23.5 Å². The van der Waals surface area contributed by atoms with Gasteiger partial charge in [0.15, 0.2) is 5.16 Å². The summed E-state index contributed by atoms with van der Waals surface area (Å²) in [6.45, 7) is 1.77. The number of ether oxygens (including phenoxy) is 4. The van der Waals surface area contributed by atoms with E-state index in [2.05, 4.69) is 9.97 Å². The van der Waals surface area contributed by atoms with Crippen LogP contribution in [-0.4, -0.2) is 48.6 Å². The molecule has 0 aliphatic rings. The van der Waals surface area contributed by atoms with Crippen molar-refractivity contribution in [3.8, 4) is 23.0 Å². The monoisotopic (exact) mass is 486 g/mol. The molecule has 0 bridgehead atoms. The minimum Gasteiger partial charge on any atom is -0.497 e. The van der Waals surface area contributed by atoms with Crippen molar-refractivity contribution in [2.45, 2.75) is 17.1 Å². The normalized spacial score (nSPS) is 10.5. The quantitative estimate of drug-likeness (QED) is 0.253. The Morgan fingerprint density at radius 1 is 0.636 bits per heavy atom. The Hall–Kier alpha value is -3.24. The molecule has 0 aliphatic heterocycles. The minimum absolute atomic E-state index is 0.236. The molecule has 0 atom stereocenters. The number of carbonyl (C=O) groups is 2. The summed E-state index contributed by atoms with van der Waals surface area (Å²) in [6, 6.07) is 11.5. The summed E-state index contributed by atoms with van der Waals surface area (Å²) in [6.07, 6.45) is 0. The first kappa shape index (κ1) is 24.4. The van der Waals surface area contributed by atoms with Crippen LogP contribution in [0.25, 0.3) is 0 Å². The number of aromatic nitrogens is 2. The van der Waals surface area contributed by atoms with Gasteiger partial charge in [-0.3, -0.25) is 9.59 Å². The van der Waals surface area contributed by atoms with E-state index in [9.17, 15) is 9.59 Å². The molecule has 10 heteroatoms. The number of thioether (sulfide) groups is 2. The van der Waals surface area contributed by atoms with Crippen molar-refractivity contribution in [1.29, 1.82) is 0 Å². The Morgan fingerprint density at radius 2 is 1.06 bits per heavy atom. The predicted molar refractivity (Wildman–Crippen MR) is 126 cm³/mol. The van der Waals surface area contributed by atoms with E-state index >= 15 is 0 Å². The molecular formula is C23H22N2O6S2. The van der Waals surface area contributed by atoms with Crippen LogP contribution in [0.3, 0.4) is 0 Å². The maximum Gasteiger partial charge on any atom is 0.227 e. The van der Waals surface area contributed by atoms with Crippen molar-refractivity contribution >= 4 is 33.8 Å². The highest BCUT2D eigenvalue weighted by molar-refractivity contribution is 8.14. The largest absolute Gasteiger partial charge is 0.497 e. The van der Waals surface area contributed by atoms with E-state index in [1.807, 2.05) is 0 Å². The number of rotatable bonds is 8. The standard InChI is InChI=1S/C23H22N2O6S2/c1-13-6-20(32-21(26)14-7-16(28-2)11-17(8-14)29-3)25-23(24-13)33-22(27)15-9-18(30-4)12-19(10-15)31-5/h6-12H,1-5H3. The highest BCUT2D eigenvalue weighted by atomic mass is 32.2. The Labute approximate surface area is 200 Å². The number of hydrogen-bond donors (Lipinski definition) is 0. The molecule has 0 N–H and O–H groups in total. The van der Waals surface area contributed by atoms with Crippen molar-refractivity contribution in [3.63, 3.8) is 0 Å². The average molecular weight is 487 g/mol. The van der Waals surface area contributed by atoms with Gasteiger partial charge < -0.3 is 18.9 Å². The highest BCUT2D eigenvalue weighted by Crippen LogP contribution is 2.31. The zero-order valence-electron chi connectivity index (χ0n) is 18.7. The second kappa shape index (κ2) is 11.1. The number of methoxy groups -OCH3 is 4. The van der Waals surface area contributed by atoms with Gasteiger partial charge in [-0.2, -0.15) is 0 Å². The van der Waals surface area contributed by atoms with E-state index in [4.69, 9.17) is 18.9 Å². The molecule has 1 heterocycles. The summed E-state index contributed by atoms with van der Waals surface area (Å²) in [5.41, 5.74) is 1.42. The number of aryl methyl sites for hydroxylation is 1. The first-order chi connectivity index (χ1) is 15.8. The van der Waals surface area contributed by atoms with Gasteiger partial charge in [0.1, 0.15) is 28.0 Å². The molecule has 3 rings (SSSR count). The second-order valence-electron chi connectivity index (χ2n) is 6.61. The van der Waals surface area contributed by atoms with Crippen molar-refractivity contribution in [3.05, 3.63) is 59.3 Å². The van der Waals surface area contributed by atoms with Gasteiger partial charge in [-0.25, -0.2) is 9.97 Å². The van der Waals surface area contributed by atoms with Crippen LogP contribution in [0.5, 0.6) is 23.0 Å². The van der Waals surface area contributed by atoms with E-state index in [-0.39, 0.29) is 15.4 Å². The fraction of sp³-hybridized carbons (Fsp3) is 0.217. The molecule has 0 spiro atoms. The maximum atomic E-state index is 12.8. The maximum absolute atomic E-state index is 12.8. The van der Waals surface area contributed by atoms with Gasteiger partial charge in [-0.05, 0) is 60.8 Å². The minimum atomic E-state index is -0.280. The lowest BCUT2D eigenvalue weighted by molar-refractivity contribution is 0.108. The lowest BCUT2D eigenvalue weighted by Crippen LogP contribution is -2.01. The Bertz CT molecular complexity index is 1050. The predicted octanol–water partition coefficient (Wildman–Crippen LogP) is 4.68. The van der Waals surface area contributed by atoms with Crippen LogP contribution in [0, 0.1) is 6.92 Å². The van der Waals surface area contributed by atoms with Gasteiger partial charge in [-0.1, -0.05) is 0 Å². The highest BCUT2D eigenvalue weighted by Gasteiger charge is 2.17. The molecule has 172 valence electrons. The summed E-state index contributed by atoms with van der Waals surface area (Å²) >= 11 is 1.79. The summed E-state index contributed by atoms with van der Waals surface area (Å²) in [4.78, 5) is 34.4.